The van der Waals surface area contributed by atoms with Gasteiger partial charge in [-0.05, 0) is 12.1 Å². The number of rotatable bonds is 6. The second kappa shape index (κ2) is 7.13. The van der Waals surface area contributed by atoms with E-state index in [9.17, 15) is 14.4 Å². The summed E-state index contributed by atoms with van der Waals surface area (Å²) in [4.78, 5) is 34.0. The Morgan fingerprint density at radius 1 is 1.15 bits per heavy atom. The lowest BCUT2D eigenvalue weighted by Gasteiger charge is -2.15. The Hall–Kier alpha value is -2.57. The summed E-state index contributed by atoms with van der Waals surface area (Å²) < 4.78 is 9.01. The van der Waals surface area contributed by atoms with Gasteiger partial charge in [-0.15, -0.1) is 0 Å². The maximum atomic E-state index is 11.5. The number of hydrogen-bond donors (Lipinski definition) is 2. The predicted octanol–water partition coefficient (Wildman–Crippen LogP) is 0.759. The summed E-state index contributed by atoms with van der Waals surface area (Å²) in [5.41, 5.74) is 0.346. The molecule has 0 atom stereocenters. The fraction of sp³-hybridized carbons (Fsp3) is 0.308. The van der Waals surface area contributed by atoms with E-state index in [1.54, 1.807) is 12.1 Å². The third-order valence-corrected chi connectivity index (χ3v) is 2.63. The van der Waals surface area contributed by atoms with Gasteiger partial charge in [0.1, 0.15) is 0 Å². The number of anilines is 1. The first-order valence-electron chi connectivity index (χ1n) is 5.73. The van der Waals surface area contributed by atoms with Crippen molar-refractivity contribution in [2.45, 2.75) is 0 Å². The van der Waals surface area contributed by atoms with Crippen LogP contribution in [-0.2, 0) is 19.1 Å². The van der Waals surface area contributed by atoms with E-state index >= 15 is 0 Å². The first-order valence-corrected chi connectivity index (χ1v) is 5.73. The van der Waals surface area contributed by atoms with Crippen LogP contribution < -0.4 is 5.32 Å². The molecule has 108 valence electrons. The average molecular weight is 281 g/mol. The normalized spacial score (nSPS) is 9.95. The molecule has 0 amide bonds. The maximum Gasteiger partial charge on any atom is 0.337 e. The molecule has 0 saturated heterocycles. The molecule has 0 bridgehead atoms. The van der Waals surface area contributed by atoms with Crippen LogP contribution in [0.15, 0.2) is 24.3 Å². The van der Waals surface area contributed by atoms with Crippen LogP contribution in [-0.4, -0.2) is 43.8 Å². The van der Waals surface area contributed by atoms with Crippen LogP contribution in [0, 0.1) is 5.92 Å². The van der Waals surface area contributed by atoms with Crippen molar-refractivity contribution in [1.29, 1.82) is 0 Å². The number of ether oxygens (including phenoxy) is 2. The number of carboxylic acids is 1. The molecule has 1 aromatic carbocycles. The lowest BCUT2D eigenvalue weighted by molar-refractivity contribution is -0.157. The van der Waals surface area contributed by atoms with Gasteiger partial charge in [-0.1, -0.05) is 12.1 Å². The van der Waals surface area contributed by atoms with Crippen LogP contribution in [0.25, 0.3) is 0 Å². The van der Waals surface area contributed by atoms with Gasteiger partial charge in [0.25, 0.3) is 0 Å². The van der Waals surface area contributed by atoms with Gasteiger partial charge in [0.05, 0.1) is 19.8 Å². The van der Waals surface area contributed by atoms with Gasteiger partial charge in [-0.25, -0.2) is 4.79 Å². The van der Waals surface area contributed by atoms with Crippen molar-refractivity contribution in [3.63, 3.8) is 0 Å². The Morgan fingerprint density at radius 3 is 2.20 bits per heavy atom. The summed E-state index contributed by atoms with van der Waals surface area (Å²) in [5, 5.41) is 11.8. The first-order chi connectivity index (χ1) is 9.51. The van der Waals surface area contributed by atoms with Gasteiger partial charge in [0.2, 0.25) is 0 Å². The fourth-order valence-electron chi connectivity index (χ4n) is 1.58. The third-order valence-electron chi connectivity index (χ3n) is 2.63. The highest BCUT2D eigenvalue weighted by Crippen LogP contribution is 2.16. The van der Waals surface area contributed by atoms with Crippen molar-refractivity contribution in [3.8, 4) is 0 Å². The summed E-state index contributed by atoms with van der Waals surface area (Å²) in [7, 11) is 2.31. The van der Waals surface area contributed by atoms with Crippen molar-refractivity contribution >= 4 is 23.6 Å². The summed E-state index contributed by atoms with van der Waals surface area (Å²) in [6.45, 7) is -0.121. The van der Waals surface area contributed by atoms with E-state index in [1.165, 1.54) is 12.1 Å². The number of carboxylic acid groups (broad SMARTS) is 1. The number of para-hydroxylation sites is 1. The highest BCUT2D eigenvalue weighted by molar-refractivity contribution is 5.96. The third kappa shape index (κ3) is 3.71. The molecule has 7 nitrogen and oxygen atoms in total. The molecule has 1 rings (SSSR count). The number of nitrogens with one attached hydrogen (secondary N) is 1. The van der Waals surface area contributed by atoms with Crippen molar-refractivity contribution in [2.24, 2.45) is 5.92 Å². The Bertz CT molecular complexity index is 497. The van der Waals surface area contributed by atoms with E-state index in [2.05, 4.69) is 14.8 Å². The molecule has 1 aromatic rings. The number of carbonyl (C=O) groups excluding carboxylic acids is 2. The van der Waals surface area contributed by atoms with Gasteiger partial charge in [0.15, 0.2) is 5.92 Å². The Morgan fingerprint density at radius 2 is 1.70 bits per heavy atom. The maximum absolute atomic E-state index is 11.5. The molecule has 2 N–H and O–H groups in total. The van der Waals surface area contributed by atoms with Crippen molar-refractivity contribution < 1.29 is 29.0 Å². The van der Waals surface area contributed by atoms with Gasteiger partial charge in [-0.2, -0.15) is 0 Å². The number of esters is 2. The van der Waals surface area contributed by atoms with Crippen LogP contribution in [0.5, 0.6) is 0 Å². The van der Waals surface area contributed by atoms with E-state index in [0.29, 0.717) is 5.69 Å². The fourth-order valence-corrected chi connectivity index (χ4v) is 1.58. The summed E-state index contributed by atoms with van der Waals surface area (Å²) in [6.07, 6.45) is 0. The van der Waals surface area contributed by atoms with Gasteiger partial charge < -0.3 is 19.9 Å². The van der Waals surface area contributed by atoms with E-state index in [-0.39, 0.29) is 12.1 Å². The summed E-state index contributed by atoms with van der Waals surface area (Å²) in [5.74, 6) is -3.78. The van der Waals surface area contributed by atoms with E-state index < -0.39 is 23.8 Å². The molecule has 0 aliphatic heterocycles. The number of hydrogen-bond acceptors (Lipinski definition) is 6. The molecule has 0 radical (unpaired) electrons. The second-order valence-corrected chi connectivity index (χ2v) is 3.83. The average Bonchev–Trinajstić information content (AvgIpc) is 2.46. The molecule has 0 fully saturated rings. The van der Waals surface area contributed by atoms with Crippen molar-refractivity contribution in [2.75, 3.05) is 26.1 Å². The van der Waals surface area contributed by atoms with Crippen LogP contribution >= 0.6 is 0 Å². The largest absolute Gasteiger partial charge is 0.478 e. The zero-order valence-electron chi connectivity index (χ0n) is 11.1. The first kappa shape index (κ1) is 15.5. The van der Waals surface area contributed by atoms with E-state index in [0.717, 1.165) is 14.2 Å². The van der Waals surface area contributed by atoms with E-state index in [1.807, 2.05) is 0 Å². The molecule has 0 heterocycles. The zero-order chi connectivity index (χ0) is 15.1. The summed E-state index contributed by atoms with van der Waals surface area (Å²) >= 11 is 0. The summed E-state index contributed by atoms with van der Waals surface area (Å²) in [6, 6.07) is 6.16. The zero-order valence-corrected chi connectivity index (χ0v) is 11.1. The van der Waals surface area contributed by atoms with Crippen LogP contribution in [0.2, 0.25) is 0 Å². The Kier molecular flexibility index (Phi) is 5.52. The van der Waals surface area contributed by atoms with Gasteiger partial charge in [0, 0.05) is 12.2 Å². The lowest BCUT2D eigenvalue weighted by atomic mass is 10.1. The van der Waals surface area contributed by atoms with E-state index in [4.69, 9.17) is 5.11 Å². The molecule has 20 heavy (non-hydrogen) atoms. The van der Waals surface area contributed by atoms with Gasteiger partial charge in [-0.3, -0.25) is 9.59 Å². The molecule has 0 saturated carbocycles. The quantitative estimate of drug-likeness (QED) is 0.586. The molecule has 0 spiro atoms. The second-order valence-electron chi connectivity index (χ2n) is 3.83. The molecule has 0 aliphatic rings. The molecular formula is C13H15NO6. The predicted molar refractivity (Wildman–Crippen MR) is 69.4 cm³/mol. The Labute approximate surface area is 115 Å². The van der Waals surface area contributed by atoms with Crippen LogP contribution in [0.4, 0.5) is 5.69 Å². The number of aromatic carboxylic acids is 1. The van der Waals surface area contributed by atoms with Crippen LogP contribution in [0.1, 0.15) is 10.4 Å². The number of methoxy groups -OCH3 is 2. The van der Waals surface area contributed by atoms with Crippen molar-refractivity contribution in [3.05, 3.63) is 29.8 Å². The SMILES string of the molecule is COC(=O)C(CNc1ccccc1C(=O)O)C(=O)OC. The minimum absolute atomic E-state index is 0.0426. The highest BCUT2D eigenvalue weighted by atomic mass is 16.5. The van der Waals surface area contributed by atoms with Crippen molar-refractivity contribution in [1.82, 2.24) is 0 Å². The number of benzene rings is 1. The molecule has 0 aliphatic carbocycles. The van der Waals surface area contributed by atoms with Crippen LogP contribution in [0.3, 0.4) is 0 Å². The highest BCUT2D eigenvalue weighted by Gasteiger charge is 2.28. The molecule has 0 unspecified atom stereocenters. The molecular weight excluding hydrogens is 266 g/mol. The molecule has 7 heteroatoms. The topological polar surface area (TPSA) is 102 Å². The minimum atomic E-state index is -1.16. The monoisotopic (exact) mass is 281 g/mol. The van der Waals surface area contributed by atoms with Gasteiger partial charge >= 0.3 is 17.9 Å². The lowest BCUT2D eigenvalue weighted by Crippen LogP contribution is -2.33. The standard InChI is InChI=1S/C13H15NO6/c1-19-12(17)9(13(18)20-2)7-14-10-6-4-3-5-8(10)11(15)16/h3-6,9,14H,7H2,1-2H3,(H,15,16). The Balaban J connectivity index is 2.85. The number of carbonyl (C=O) groups is 3. The minimum Gasteiger partial charge on any atom is -0.478 e. The molecule has 0 aromatic heterocycles. The smallest absolute Gasteiger partial charge is 0.337 e.